The smallest absolute Gasteiger partial charge is 0.191 e. The van der Waals surface area contributed by atoms with Gasteiger partial charge in [0.2, 0.25) is 0 Å². The van der Waals surface area contributed by atoms with Gasteiger partial charge in [0, 0.05) is 32.2 Å². The highest BCUT2D eigenvalue weighted by Crippen LogP contribution is 2.22. The number of guanidine groups is 1. The van der Waals surface area contributed by atoms with E-state index in [2.05, 4.69) is 48.5 Å². The lowest BCUT2D eigenvalue weighted by atomic mass is 9.99. The van der Waals surface area contributed by atoms with Gasteiger partial charge in [-0.05, 0) is 25.2 Å². The Morgan fingerprint density at radius 2 is 2.00 bits per heavy atom. The van der Waals surface area contributed by atoms with Crippen LogP contribution in [-0.4, -0.2) is 37.9 Å². The van der Waals surface area contributed by atoms with Gasteiger partial charge in [-0.15, -0.1) is 0 Å². The first-order chi connectivity index (χ1) is 11.6. The number of nitrogens with zero attached hydrogens (tertiary/aromatic N) is 2. The predicted octanol–water partition coefficient (Wildman–Crippen LogP) is 3.31. The molecular formula is C18H34N4O2. The third kappa shape index (κ3) is 7.81. The lowest BCUT2D eigenvalue weighted by molar-refractivity contribution is 0.128. The molecule has 6 nitrogen and oxygen atoms in total. The molecule has 0 spiro atoms. The maximum atomic E-state index is 5.58. The molecule has 6 heteroatoms. The normalized spacial score (nSPS) is 12.2. The molecule has 0 saturated heterocycles. The predicted molar refractivity (Wildman–Crippen MR) is 98.3 cm³/mol. The summed E-state index contributed by atoms with van der Waals surface area (Å²) in [4.78, 5) is 4.20. The Labute approximate surface area is 146 Å². The average molecular weight is 338 g/mol. The van der Waals surface area contributed by atoms with Gasteiger partial charge in [-0.2, -0.15) is 0 Å². The standard InChI is InChI=1S/C18H34N4O2/c1-6-15(7-2)17-12-16(24-22-17)13-21-18(19-5)20-9-11-23-10-8-14(3)4/h12,14-15H,6-11,13H2,1-5H3,(H2,19,20,21). The van der Waals surface area contributed by atoms with E-state index in [0.29, 0.717) is 25.0 Å². The fourth-order valence-electron chi connectivity index (χ4n) is 2.37. The lowest BCUT2D eigenvalue weighted by Crippen LogP contribution is -2.38. The molecule has 2 N–H and O–H groups in total. The van der Waals surface area contributed by atoms with Gasteiger partial charge in [-0.3, -0.25) is 4.99 Å². The summed E-state index contributed by atoms with van der Waals surface area (Å²) < 4.78 is 11.0. The quantitative estimate of drug-likeness (QED) is 0.368. The topological polar surface area (TPSA) is 71.7 Å². The third-order valence-corrected chi connectivity index (χ3v) is 4.01. The number of hydrogen-bond donors (Lipinski definition) is 2. The summed E-state index contributed by atoms with van der Waals surface area (Å²) in [6, 6.07) is 2.03. The van der Waals surface area contributed by atoms with E-state index in [-0.39, 0.29) is 0 Å². The number of rotatable bonds is 11. The zero-order valence-electron chi connectivity index (χ0n) is 15.9. The largest absolute Gasteiger partial charge is 0.380 e. The van der Waals surface area contributed by atoms with Crippen LogP contribution in [0.5, 0.6) is 0 Å². The molecule has 1 heterocycles. The zero-order valence-corrected chi connectivity index (χ0v) is 15.9. The fourth-order valence-corrected chi connectivity index (χ4v) is 2.37. The van der Waals surface area contributed by atoms with Crippen LogP contribution in [0.25, 0.3) is 0 Å². The Morgan fingerprint density at radius 3 is 2.62 bits per heavy atom. The van der Waals surface area contributed by atoms with Crippen molar-refractivity contribution < 1.29 is 9.26 Å². The minimum absolute atomic E-state index is 0.475. The van der Waals surface area contributed by atoms with Gasteiger partial charge in [-0.1, -0.05) is 32.9 Å². The van der Waals surface area contributed by atoms with Gasteiger partial charge in [-0.25, -0.2) is 0 Å². The molecule has 0 radical (unpaired) electrons. The molecule has 24 heavy (non-hydrogen) atoms. The van der Waals surface area contributed by atoms with Crippen molar-refractivity contribution in [2.24, 2.45) is 10.9 Å². The summed E-state index contributed by atoms with van der Waals surface area (Å²) in [6.45, 7) is 11.5. The Kier molecular flexibility index (Phi) is 10.2. The molecule has 1 rings (SSSR count). The van der Waals surface area contributed by atoms with Crippen molar-refractivity contribution in [1.82, 2.24) is 15.8 Å². The second-order valence-electron chi connectivity index (χ2n) is 6.38. The first-order valence-corrected chi connectivity index (χ1v) is 9.08. The minimum atomic E-state index is 0.475. The highest BCUT2D eigenvalue weighted by atomic mass is 16.5. The van der Waals surface area contributed by atoms with Crippen molar-refractivity contribution >= 4 is 5.96 Å². The Morgan fingerprint density at radius 1 is 1.25 bits per heavy atom. The molecule has 0 atom stereocenters. The molecule has 0 amide bonds. The van der Waals surface area contributed by atoms with Crippen LogP contribution >= 0.6 is 0 Å². The SMILES string of the molecule is CCC(CC)c1cc(CNC(=NC)NCCOCCC(C)C)on1. The minimum Gasteiger partial charge on any atom is -0.380 e. The van der Waals surface area contributed by atoms with Crippen LogP contribution in [0, 0.1) is 5.92 Å². The first kappa shape index (κ1) is 20.5. The Bertz CT molecular complexity index is 467. The van der Waals surface area contributed by atoms with E-state index in [1.807, 2.05) is 6.07 Å². The molecule has 0 aromatic carbocycles. The van der Waals surface area contributed by atoms with Crippen molar-refractivity contribution in [2.45, 2.75) is 59.4 Å². The van der Waals surface area contributed by atoms with Gasteiger partial charge < -0.3 is 19.9 Å². The molecule has 138 valence electrons. The van der Waals surface area contributed by atoms with Crippen molar-refractivity contribution in [1.29, 1.82) is 0 Å². The Hall–Kier alpha value is -1.56. The summed E-state index contributed by atoms with van der Waals surface area (Å²) in [5.41, 5.74) is 1.04. The molecule has 0 aliphatic carbocycles. The monoisotopic (exact) mass is 338 g/mol. The second-order valence-corrected chi connectivity index (χ2v) is 6.38. The summed E-state index contributed by atoms with van der Waals surface area (Å²) in [6.07, 6.45) is 3.25. The summed E-state index contributed by atoms with van der Waals surface area (Å²) >= 11 is 0. The van der Waals surface area contributed by atoms with Crippen molar-refractivity contribution in [3.05, 3.63) is 17.5 Å². The summed E-state index contributed by atoms with van der Waals surface area (Å²) in [5.74, 6) is 2.72. The van der Waals surface area contributed by atoms with E-state index in [1.54, 1.807) is 7.05 Å². The lowest BCUT2D eigenvalue weighted by Gasteiger charge is -2.11. The molecular weight excluding hydrogens is 304 g/mol. The van der Waals surface area contributed by atoms with Crippen LogP contribution in [0.15, 0.2) is 15.6 Å². The van der Waals surface area contributed by atoms with E-state index in [4.69, 9.17) is 9.26 Å². The van der Waals surface area contributed by atoms with Gasteiger partial charge in [0.1, 0.15) is 0 Å². The fraction of sp³-hybridized carbons (Fsp3) is 0.778. The van der Waals surface area contributed by atoms with Crippen LogP contribution < -0.4 is 10.6 Å². The van der Waals surface area contributed by atoms with Crippen molar-refractivity contribution in [3.8, 4) is 0 Å². The highest BCUT2D eigenvalue weighted by molar-refractivity contribution is 5.79. The molecule has 0 aliphatic heterocycles. The number of ether oxygens (including phenoxy) is 1. The van der Waals surface area contributed by atoms with Crippen molar-refractivity contribution in [2.75, 3.05) is 26.8 Å². The maximum Gasteiger partial charge on any atom is 0.191 e. The van der Waals surface area contributed by atoms with Crippen LogP contribution in [-0.2, 0) is 11.3 Å². The summed E-state index contributed by atoms with van der Waals surface area (Å²) in [7, 11) is 1.75. The molecule has 1 aromatic heterocycles. The average Bonchev–Trinajstić information content (AvgIpc) is 3.03. The van der Waals surface area contributed by atoms with Crippen molar-refractivity contribution in [3.63, 3.8) is 0 Å². The van der Waals surface area contributed by atoms with E-state index in [1.165, 1.54) is 0 Å². The molecule has 0 saturated carbocycles. The van der Waals surface area contributed by atoms with Gasteiger partial charge in [0.15, 0.2) is 11.7 Å². The maximum absolute atomic E-state index is 5.58. The van der Waals surface area contributed by atoms with Crippen LogP contribution in [0.4, 0.5) is 0 Å². The Balaban J connectivity index is 2.26. The zero-order chi connectivity index (χ0) is 17.8. The number of nitrogens with one attached hydrogen (secondary N) is 2. The van der Waals surface area contributed by atoms with Crippen LogP contribution in [0.1, 0.15) is 64.3 Å². The number of hydrogen-bond acceptors (Lipinski definition) is 4. The number of aromatic nitrogens is 1. The van der Waals surface area contributed by atoms with Gasteiger partial charge >= 0.3 is 0 Å². The molecule has 1 aromatic rings. The van der Waals surface area contributed by atoms with E-state index in [0.717, 1.165) is 49.8 Å². The first-order valence-electron chi connectivity index (χ1n) is 9.08. The molecule has 0 aliphatic rings. The van der Waals surface area contributed by atoms with E-state index < -0.39 is 0 Å². The highest BCUT2D eigenvalue weighted by Gasteiger charge is 2.13. The third-order valence-electron chi connectivity index (χ3n) is 4.01. The van der Waals surface area contributed by atoms with Gasteiger partial charge in [0.25, 0.3) is 0 Å². The van der Waals surface area contributed by atoms with E-state index in [9.17, 15) is 0 Å². The van der Waals surface area contributed by atoms with Crippen LogP contribution in [0.2, 0.25) is 0 Å². The molecule has 0 unspecified atom stereocenters. The molecule has 0 fully saturated rings. The summed E-state index contributed by atoms with van der Waals surface area (Å²) in [5, 5.41) is 10.6. The van der Waals surface area contributed by atoms with E-state index >= 15 is 0 Å². The molecule has 0 bridgehead atoms. The van der Waals surface area contributed by atoms with Crippen LogP contribution in [0.3, 0.4) is 0 Å². The van der Waals surface area contributed by atoms with Gasteiger partial charge in [0.05, 0.1) is 18.8 Å². The second kappa shape index (κ2) is 11.9. The number of aliphatic imine (C=N–C) groups is 1.